The predicted molar refractivity (Wildman–Crippen MR) is 81.8 cm³/mol. The summed E-state index contributed by atoms with van der Waals surface area (Å²) in [4.78, 5) is 11.8. The van der Waals surface area contributed by atoms with Gasteiger partial charge in [0.1, 0.15) is 5.75 Å². The molecule has 1 aromatic rings. The van der Waals surface area contributed by atoms with Gasteiger partial charge in [-0.25, -0.2) is 8.42 Å². The lowest BCUT2D eigenvalue weighted by Gasteiger charge is -2.09. The van der Waals surface area contributed by atoms with Gasteiger partial charge >= 0.3 is 0 Å². The van der Waals surface area contributed by atoms with Crippen molar-refractivity contribution in [2.24, 2.45) is 0 Å². The van der Waals surface area contributed by atoms with Gasteiger partial charge in [0.05, 0.1) is 18.1 Å². The van der Waals surface area contributed by atoms with Gasteiger partial charge in [0.25, 0.3) is 0 Å². The van der Waals surface area contributed by atoms with E-state index in [-0.39, 0.29) is 23.5 Å². The molecule has 1 aromatic carbocycles. The van der Waals surface area contributed by atoms with Gasteiger partial charge in [-0.05, 0) is 25.5 Å². The molecule has 1 aliphatic heterocycles. The summed E-state index contributed by atoms with van der Waals surface area (Å²) in [6.45, 7) is 2.45. The van der Waals surface area contributed by atoms with E-state index >= 15 is 0 Å². The number of para-hydroxylation sites is 1. The molecule has 21 heavy (non-hydrogen) atoms. The van der Waals surface area contributed by atoms with E-state index in [2.05, 4.69) is 5.32 Å². The van der Waals surface area contributed by atoms with Crippen molar-refractivity contribution in [1.29, 1.82) is 0 Å². The molecular weight excluding hydrogens is 290 g/mol. The van der Waals surface area contributed by atoms with Crippen molar-refractivity contribution < 1.29 is 17.9 Å². The number of benzene rings is 1. The average molecular weight is 309 g/mol. The smallest absolute Gasteiger partial charge is 0.244 e. The minimum absolute atomic E-state index is 0.0299. The first-order valence-electron chi connectivity index (χ1n) is 6.91. The van der Waals surface area contributed by atoms with Gasteiger partial charge in [-0.3, -0.25) is 4.79 Å². The van der Waals surface area contributed by atoms with E-state index in [4.69, 9.17) is 4.74 Å². The minimum Gasteiger partial charge on any atom is -0.493 e. The summed E-state index contributed by atoms with van der Waals surface area (Å²) in [6, 6.07) is 7.14. The standard InChI is InChI=1S/C15H19NO4S/c1-2-20-14-6-4-3-5-12(14)7-8-15(17)16-13-9-10-21(18,19)11-13/h3-8,13H,2,9-11H2,1H3,(H,16,17)/b8-7+. The maximum atomic E-state index is 11.8. The summed E-state index contributed by atoms with van der Waals surface area (Å²) >= 11 is 0. The van der Waals surface area contributed by atoms with Crippen molar-refractivity contribution in [3.63, 3.8) is 0 Å². The molecule has 0 saturated carbocycles. The van der Waals surface area contributed by atoms with Crippen LogP contribution in [0.4, 0.5) is 0 Å². The molecule has 1 atom stereocenters. The molecule has 1 fully saturated rings. The zero-order valence-corrected chi connectivity index (χ0v) is 12.7. The highest BCUT2D eigenvalue weighted by Crippen LogP contribution is 2.19. The monoisotopic (exact) mass is 309 g/mol. The summed E-state index contributed by atoms with van der Waals surface area (Å²) in [5.74, 6) is 0.604. The molecule has 1 saturated heterocycles. The van der Waals surface area contributed by atoms with E-state index in [1.165, 1.54) is 6.08 Å². The van der Waals surface area contributed by atoms with E-state index in [1.54, 1.807) is 6.08 Å². The molecule has 0 aliphatic carbocycles. The van der Waals surface area contributed by atoms with Crippen LogP contribution >= 0.6 is 0 Å². The number of hydrogen-bond acceptors (Lipinski definition) is 4. The number of sulfone groups is 1. The van der Waals surface area contributed by atoms with Crippen molar-refractivity contribution in [2.75, 3.05) is 18.1 Å². The second kappa shape index (κ2) is 6.76. The minimum atomic E-state index is -2.98. The lowest BCUT2D eigenvalue weighted by Crippen LogP contribution is -2.34. The number of carbonyl (C=O) groups is 1. The molecule has 0 spiro atoms. The summed E-state index contributed by atoms with van der Waals surface area (Å²) < 4.78 is 28.1. The Labute approximate surface area is 124 Å². The molecule has 114 valence electrons. The number of carbonyl (C=O) groups excluding carboxylic acids is 1. The highest BCUT2D eigenvalue weighted by molar-refractivity contribution is 7.91. The normalized spacial score (nSPS) is 20.5. The zero-order valence-electron chi connectivity index (χ0n) is 11.9. The third kappa shape index (κ3) is 4.60. The lowest BCUT2D eigenvalue weighted by molar-refractivity contribution is -0.116. The molecule has 1 N–H and O–H groups in total. The summed E-state index contributed by atoms with van der Waals surface area (Å²) in [6.07, 6.45) is 3.56. The molecule has 6 heteroatoms. The Balaban J connectivity index is 1.96. The van der Waals surface area contributed by atoms with Crippen LogP contribution in [0.1, 0.15) is 18.9 Å². The molecule has 1 heterocycles. The van der Waals surface area contributed by atoms with Crippen molar-refractivity contribution in [3.05, 3.63) is 35.9 Å². The molecular formula is C15H19NO4S. The Hall–Kier alpha value is -1.82. The fourth-order valence-electron chi connectivity index (χ4n) is 2.23. The summed E-state index contributed by atoms with van der Waals surface area (Å²) in [7, 11) is -2.98. The van der Waals surface area contributed by atoms with E-state index in [0.29, 0.717) is 18.8 Å². The van der Waals surface area contributed by atoms with Gasteiger partial charge in [-0.15, -0.1) is 0 Å². The van der Waals surface area contributed by atoms with E-state index in [1.807, 2.05) is 31.2 Å². The second-order valence-electron chi connectivity index (χ2n) is 4.91. The van der Waals surface area contributed by atoms with Crippen molar-refractivity contribution >= 4 is 21.8 Å². The molecule has 5 nitrogen and oxygen atoms in total. The van der Waals surface area contributed by atoms with Crippen LogP contribution in [0.2, 0.25) is 0 Å². The van der Waals surface area contributed by atoms with Crippen LogP contribution in [0.15, 0.2) is 30.3 Å². The number of ether oxygens (including phenoxy) is 1. The maximum absolute atomic E-state index is 11.8. The number of rotatable bonds is 5. The van der Waals surface area contributed by atoms with Crippen LogP contribution in [0, 0.1) is 0 Å². The fraction of sp³-hybridized carbons (Fsp3) is 0.400. The molecule has 0 bridgehead atoms. The van der Waals surface area contributed by atoms with Gasteiger partial charge in [-0.1, -0.05) is 18.2 Å². The Morgan fingerprint density at radius 2 is 2.19 bits per heavy atom. The van der Waals surface area contributed by atoms with Crippen LogP contribution in [0.3, 0.4) is 0 Å². The van der Waals surface area contributed by atoms with Gasteiger partial charge in [0, 0.05) is 17.7 Å². The molecule has 1 amide bonds. The SMILES string of the molecule is CCOc1ccccc1/C=C/C(=O)NC1CCS(=O)(=O)C1. The Morgan fingerprint density at radius 3 is 2.86 bits per heavy atom. The van der Waals surface area contributed by atoms with E-state index in [0.717, 1.165) is 5.56 Å². The quantitative estimate of drug-likeness (QED) is 0.835. The van der Waals surface area contributed by atoms with Gasteiger partial charge in [0.2, 0.25) is 5.91 Å². The highest BCUT2D eigenvalue weighted by atomic mass is 32.2. The maximum Gasteiger partial charge on any atom is 0.244 e. The topological polar surface area (TPSA) is 72.5 Å². The predicted octanol–water partition coefficient (Wildman–Crippen LogP) is 1.40. The fourth-order valence-corrected chi connectivity index (χ4v) is 3.90. The van der Waals surface area contributed by atoms with Crippen molar-refractivity contribution in [3.8, 4) is 5.75 Å². The zero-order chi connectivity index (χ0) is 15.3. The number of hydrogen-bond donors (Lipinski definition) is 1. The third-order valence-corrected chi connectivity index (χ3v) is 4.98. The number of nitrogens with one attached hydrogen (secondary N) is 1. The van der Waals surface area contributed by atoms with Crippen LogP contribution in [0.5, 0.6) is 5.75 Å². The first kappa shape index (κ1) is 15.6. The Bertz CT molecular complexity index is 637. The third-order valence-electron chi connectivity index (χ3n) is 3.21. The molecule has 0 aromatic heterocycles. The largest absolute Gasteiger partial charge is 0.493 e. The van der Waals surface area contributed by atoms with Crippen molar-refractivity contribution in [2.45, 2.75) is 19.4 Å². The lowest BCUT2D eigenvalue weighted by atomic mass is 10.2. The van der Waals surface area contributed by atoms with Crippen LogP contribution in [-0.2, 0) is 14.6 Å². The van der Waals surface area contributed by atoms with Gasteiger partial charge in [-0.2, -0.15) is 0 Å². The molecule has 2 rings (SSSR count). The van der Waals surface area contributed by atoms with E-state index < -0.39 is 9.84 Å². The molecule has 1 unspecified atom stereocenters. The first-order valence-corrected chi connectivity index (χ1v) is 8.73. The van der Waals surface area contributed by atoms with Gasteiger partial charge < -0.3 is 10.1 Å². The Morgan fingerprint density at radius 1 is 1.43 bits per heavy atom. The number of amides is 1. The summed E-state index contributed by atoms with van der Waals surface area (Å²) in [5.41, 5.74) is 0.813. The average Bonchev–Trinajstić information content (AvgIpc) is 2.77. The van der Waals surface area contributed by atoms with Crippen molar-refractivity contribution in [1.82, 2.24) is 5.32 Å². The molecule has 1 aliphatic rings. The van der Waals surface area contributed by atoms with Crippen LogP contribution < -0.4 is 10.1 Å². The van der Waals surface area contributed by atoms with Crippen LogP contribution in [-0.4, -0.2) is 38.5 Å². The molecule has 0 radical (unpaired) electrons. The van der Waals surface area contributed by atoms with Gasteiger partial charge in [0.15, 0.2) is 9.84 Å². The van der Waals surface area contributed by atoms with E-state index in [9.17, 15) is 13.2 Å². The first-order chi connectivity index (χ1) is 10.00. The second-order valence-corrected chi connectivity index (χ2v) is 7.14. The summed E-state index contributed by atoms with van der Waals surface area (Å²) in [5, 5.41) is 2.71. The van der Waals surface area contributed by atoms with Crippen LogP contribution in [0.25, 0.3) is 6.08 Å². The Kier molecular flexibility index (Phi) is 5.01. The highest BCUT2D eigenvalue weighted by Gasteiger charge is 2.28.